The molecule has 1 aromatic heterocycles. The minimum absolute atomic E-state index is 0.360. The highest BCUT2D eigenvalue weighted by atomic mass is 79.9. The Morgan fingerprint density at radius 3 is 3.06 bits per heavy atom. The zero-order chi connectivity index (χ0) is 13.0. The number of aryl methyl sites for hydroxylation is 1. The fraction of sp³-hybridized carbons (Fsp3) is 0.769. The number of halogens is 1. The SMILES string of the molecule is CCCNC(CC1CCOC1)c1c(Br)cnn1C. The van der Waals surface area contributed by atoms with Crippen LogP contribution in [0.4, 0.5) is 0 Å². The van der Waals surface area contributed by atoms with Crippen LogP contribution in [0.2, 0.25) is 0 Å². The molecule has 0 bridgehead atoms. The third kappa shape index (κ3) is 3.33. The Morgan fingerprint density at radius 1 is 1.67 bits per heavy atom. The van der Waals surface area contributed by atoms with E-state index in [-0.39, 0.29) is 0 Å². The van der Waals surface area contributed by atoms with Gasteiger partial charge in [-0.3, -0.25) is 4.68 Å². The van der Waals surface area contributed by atoms with Crippen LogP contribution in [0.3, 0.4) is 0 Å². The Balaban J connectivity index is 2.08. The lowest BCUT2D eigenvalue weighted by molar-refractivity contribution is 0.181. The second-order valence-electron chi connectivity index (χ2n) is 4.97. The molecule has 0 saturated carbocycles. The van der Waals surface area contributed by atoms with Crippen LogP contribution in [0, 0.1) is 5.92 Å². The van der Waals surface area contributed by atoms with Crippen molar-refractivity contribution in [2.24, 2.45) is 13.0 Å². The van der Waals surface area contributed by atoms with Gasteiger partial charge in [-0.2, -0.15) is 5.10 Å². The van der Waals surface area contributed by atoms with Gasteiger partial charge in [0.05, 0.1) is 22.4 Å². The van der Waals surface area contributed by atoms with E-state index in [1.165, 1.54) is 12.1 Å². The van der Waals surface area contributed by atoms with Crippen LogP contribution in [0.15, 0.2) is 10.7 Å². The Hall–Kier alpha value is -0.390. The Bertz CT molecular complexity index is 355. The van der Waals surface area contributed by atoms with Crippen molar-refractivity contribution >= 4 is 15.9 Å². The first-order valence-electron chi connectivity index (χ1n) is 6.71. The van der Waals surface area contributed by atoms with Crippen LogP contribution in [-0.2, 0) is 11.8 Å². The molecule has 102 valence electrons. The minimum atomic E-state index is 0.360. The predicted molar refractivity (Wildman–Crippen MR) is 75.5 cm³/mol. The first-order chi connectivity index (χ1) is 8.72. The molecule has 1 aromatic rings. The summed E-state index contributed by atoms with van der Waals surface area (Å²) in [4.78, 5) is 0. The van der Waals surface area contributed by atoms with Gasteiger partial charge >= 0.3 is 0 Å². The van der Waals surface area contributed by atoms with E-state index in [0.717, 1.165) is 37.1 Å². The average Bonchev–Trinajstić information content (AvgIpc) is 2.96. The van der Waals surface area contributed by atoms with Crippen molar-refractivity contribution in [3.8, 4) is 0 Å². The molecule has 5 heteroatoms. The van der Waals surface area contributed by atoms with Gasteiger partial charge in [0.25, 0.3) is 0 Å². The maximum atomic E-state index is 5.48. The van der Waals surface area contributed by atoms with Gasteiger partial charge in [-0.1, -0.05) is 6.92 Å². The van der Waals surface area contributed by atoms with Crippen LogP contribution < -0.4 is 5.32 Å². The molecule has 18 heavy (non-hydrogen) atoms. The molecule has 1 saturated heterocycles. The van der Waals surface area contributed by atoms with Crippen LogP contribution in [0.25, 0.3) is 0 Å². The molecule has 0 aromatic carbocycles. The van der Waals surface area contributed by atoms with Gasteiger partial charge in [-0.05, 0) is 47.7 Å². The largest absolute Gasteiger partial charge is 0.381 e. The first-order valence-corrected chi connectivity index (χ1v) is 7.50. The lowest BCUT2D eigenvalue weighted by Gasteiger charge is -2.22. The van der Waals surface area contributed by atoms with E-state index < -0.39 is 0 Å². The van der Waals surface area contributed by atoms with Crippen molar-refractivity contribution in [1.82, 2.24) is 15.1 Å². The number of hydrogen-bond donors (Lipinski definition) is 1. The Morgan fingerprint density at radius 2 is 2.50 bits per heavy atom. The molecule has 1 aliphatic heterocycles. The third-order valence-electron chi connectivity index (χ3n) is 3.50. The fourth-order valence-corrected chi connectivity index (χ4v) is 3.15. The van der Waals surface area contributed by atoms with Crippen LogP contribution in [0.1, 0.15) is 37.9 Å². The normalized spacial score (nSPS) is 21.4. The number of ether oxygens (including phenoxy) is 1. The van der Waals surface area contributed by atoms with Gasteiger partial charge in [0.2, 0.25) is 0 Å². The summed E-state index contributed by atoms with van der Waals surface area (Å²) >= 11 is 3.60. The summed E-state index contributed by atoms with van der Waals surface area (Å²) in [6, 6.07) is 0.360. The summed E-state index contributed by atoms with van der Waals surface area (Å²) in [6.07, 6.45) is 5.33. The number of aromatic nitrogens is 2. The first kappa shape index (κ1) is 14.0. The zero-order valence-corrected chi connectivity index (χ0v) is 12.7. The number of rotatable bonds is 6. The summed E-state index contributed by atoms with van der Waals surface area (Å²) in [5.41, 5.74) is 1.25. The fourth-order valence-electron chi connectivity index (χ4n) is 2.52. The second-order valence-corrected chi connectivity index (χ2v) is 5.83. The Kier molecular flexibility index (Phi) is 5.21. The minimum Gasteiger partial charge on any atom is -0.381 e. The molecule has 1 fully saturated rings. The van der Waals surface area contributed by atoms with Gasteiger partial charge in [0.15, 0.2) is 0 Å². The standard InChI is InChI=1S/C13H22BrN3O/c1-3-5-15-12(7-10-4-6-18-9-10)13-11(14)8-16-17(13)2/h8,10,12,15H,3-7,9H2,1-2H3. The lowest BCUT2D eigenvalue weighted by atomic mass is 9.97. The molecule has 0 amide bonds. The third-order valence-corrected chi connectivity index (χ3v) is 4.11. The van der Waals surface area contributed by atoms with E-state index in [1.807, 2.05) is 17.9 Å². The van der Waals surface area contributed by atoms with Gasteiger partial charge < -0.3 is 10.1 Å². The average molecular weight is 316 g/mol. The smallest absolute Gasteiger partial charge is 0.0692 e. The Labute approximate surface area is 117 Å². The summed E-state index contributed by atoms with van der Waals surface area (Å²) < 4.78 is 8.54. The maximum Gasteiger partial charge on any atom is 0.0692 e. The second kappa shape index (κ2) is 6.68. The highest BCUT2D eigenvalue weighted by Gasteiger charge is 2.24. The van der Waals surface area contributed by atoms with Gasteiger partial charge in [0, 0.05) is 20.3 Å². The van der Waals surface area contributed by atoms with Crippen LogP contribution in [-0.4, -0.2) is 29.5 Å². The number of nitrogens with zero attached hydrogens (tertiary/aromatic N) is 2. The van der Waals surface area contributed by atoms with E-state index in [4.69, 9.17) is 4.74 Å². The molecule has 1 aliphatic rings. The lowest BCUT2D eigenvalue weighted by Crippen LogP contribution is -2.27. The molecule has 2 unspecified atom stereocenters. The molecule has 0 spiro atoms. The number of nitrogens with one attached hydrogen (secondary N) is 1. The van der Waals surface area contributed by atoms with Crippen molar-refractivity contribution in [2.45, 2.75) is 32.2 Å². The highest BCUT2D eigenvalue weighted by molar-refractivity contribution is 9.10. The van der Waals surface area contributed by atoms with Crippen molar-refractivity contribution in [1.29, 1.82) is 0 Å². The molecule has 4 nitrogen and oxygen atoms in total. The van der Waals surface area contributed by atoms with E-state index in [0.29, 0.717) is 12.0 Å². The van der Waals surface area contributed by atoms with Crippen LogP contribution in [0.5, 0.6) is 0 Å². The van der Waals surface area contributed by atoms with Crippen LogP contribution >= 0.6 is 15.9 Å². The highest BCUT2D eigenvalue weighted by Crippen LogP contribution is 2.30. The molecule has 2 atom stereocenters. The molecule has 0 radical (unpaired) electrons. The van der Waals surface area contributed by atoms with Crippen molar-refractivity contribution < 1.29 is 4.74 Å². The van der Waals surface area contributed by atoms with E-state index in [9.17, 15) is 0 Å². The predicted octanol–water partition coefficient (Wildman–Crippen LogP) is 2.65. The summed E-state index contributed by atoms with van der Waals surface area (Å²) in [5, 5.41) is 7.95. The summed E-state index contributed by atoms with van der Waals surface area (Å²) in [7, 11) is 2.01. The topological polar surface area (TPSA) is 39.1 Å². The maximum absolute atomic E-state index is 5.48. The monoisotopic (exact) mass is 315 g/mol. The molecule has 2 rings (SSSR count). The molecule has 1 N–H and O–H groups in total. The van der Waals surface area contributed by atoms with Crippen molar-refractivity contribution in [3.63, 3.8) is 0 Å². The molecule has 0 aliphatic carbocycles. The summed E-state index contributed by atoms with van der Waals surface area (Å²) in [6.45, 7) is 5.05. The van der Waals surface area contributed by atoms with Crippen molar-refractivity contribution in [2.75, 3.05) is 19.8 Å². The number of hydrogen-bond acceptors (Lipinski definition) is 3. The zero-order valence-electron chi connectivity index (χ0n) is 11.2. The molecular weight excluding hydrogens is 294 g/mol. The van der Waals surface area contributed by atoms with Crippen molar-refractivity contribution in [3.05, 3.63) is 16.4 Å². The van der Waals surface area contributed by atoms with E-state index >= 15 is 0 Å². The van der Waals surface area contributed by atoms with E-state index in [2.05, 4.69) is 33.3 Å². The summed E-state index contributed by atoms with van der Waals surface area (Å²) in [5.74, 6) is 0.668. The van der Waals surface area contributed by atoms with Gasteiger partial charge in [-0.25, -0.2) is 0 Å². The van der Waals surface area contributed by atoms with Gasteiger partial charge in [0.1, 0.15) is 0 Å². The molecular formula is C13H22BrN3O. The van der Waals surface area contributed by atoms with Gasteiger partial charge in [-0.15, -0.1) is 0 Å². The quantitative estimate of drug-likeness (QED) is 0.877. The molecule has 2 heterocycles. The van der Waals surface area contributed by atoms with E-state index in [1.54, 1.807) is 0 Å².